The lowest BCUT2D eigenvalue weighted by atomic mass is 9.95. The molecule has 0 radical (unpaired) electrons. The number of ether oxygens (including phenoxy) is 1. The molecule has 2 aromatic rings. The number of nitrogens with zero attached hydrogens (tertiary/aromatic N) is 1. The van der Waals surface area contributed by atoms with E-state index in [1.807, 2.05) is 24.3 Å². The van der Waals surface area contributed by atoms with E-state index in [1.165, 1.54) is 6.42 Å². The highest BCUT2D eigenvalue weighted by molar-refractivity contribution is 9.10. The summed E-state index contributed by atoms with van der Waals surface area (Å²) in [6.07, 6.45) is 5.46. The van der Waals surface area contributed by atoms with E-state index < -0.39 is 6.04 Å². The summed E-state index contributed by atoms with van der Waals surface area (Å²) in [6.45, 7) is 1.90. The lowest BCUT2D eigenvalue weighted by Crippen LogP contribution is -2.51. The molecule has 0 aromatic heterocycles. The second-order valence-electron chi connectivity index (χ2n) is 8.03. The Labute approximate surface area is 211 Å². The van der Waals surface area contributed by atoms with Gasteiger partial charge in [0.25, 0.3) is 5.91 Å². The Morgan fingerprint density at radius 1 is 1.12 bits per heavy atom. The zero-order valence-electron chi connectivity index (χ0n) is 18.0. The van der Waals surface area contributed by atoms with Crippen molar-refractivity contribution in [2.24, 2.45) is 0 Å². The fraction of sp³-hybridized carbons (Fsp3) is 0.417. The fourth-order valence-electron chi connectivity index (χ4n) is 3.75. The molecule has 0 saturated heterocycles. The molecular formula is C24H27Br2ClN2O3. The largest absolute Gasteiger partial charge is 0.483 e. The Hall–Kier alpha value is -1.57. The van der Waals surface area contributed by atoms with E-state index in [9.17, 15) is 9.59 Å². The van der Waals surface area contributed by atoms with Gasteiger partial charge in [-0.3, -0.25) is 9.59 Å². The number of hydrogen-bond acceptors (Lipinski definition) is 3. The Morgan fingerprint density at radius 2 is 1.81 bits per heavy atom. The second kappa shape index (κ2) is 12.1. The van der Waals surface area contributed by atoms with E-state index in [4.69, 9.17) is 16.3 Å². The molecule has 0 heterocycles. The summed E-state index contributed by atoms with van der Waals surface area (Å²) in [5.41, 5.74) is 0.937. The van der Waals surface area contributed by atoms with Crippen LogP contribution in [-0.4, -0.2) is 35.4 Å². The van der Waals surface area contributed by atoms with Crippen LogP contribution < -0.4 is 10.1 Å². The van der Waals surface area contributed by atoms with Crippen LogP contribution in [0.2, 0.25) is 5.02 Å². The van der Waals surface area contributed by atoms with Crippen LogP contribution in [0, 0.1) is 0 Å². The molecule has 0 bridgehead atoms. The van der Waals surface area contributed by atoms with Gasteiger partial charge in [-0.1, -0.05) is 58.9 Å². The fourth-order valence-corrected chi connectivity index (χ4v) is 4.81. The number of halogens is 3. The minimum atomic E-state index is -0.620. The van der Waals surface area contributed by atoms with E-state index in [2.05, 4.69) is 37.2 Å². The van der Waals surface area contributed by atoms with Crippen molar-refractivity contribution in [3.05, 3.63) is 62.0 Å². The van der Waals surface area contributed by atoms with Gasteiger partial charge in [0.1, 0.15) is 11.8 Å². The molecular weight excluding hydrogens is 560 g/mol. The van der Waals surface area contributed by atoms with Gasteiger partial charge in [0.05, 0.1) is 4.47 Å². The quantitative estimate of drug-likeness (QED) is 0.406. The summed E-state index contributed by atoms with van der Waals surface area (Å²) in [5, 5.41) is 3.70. The molecule has 1 fully saturated rings. The summed E-state index contributed by atoms with van der Waals surface area (Å²) >= 11 is 12.8. The minimum Gasteiger partial charge on any atom is -0.483 e. The zero-order valence-corrected chi connectivity index (χ0v) is 21.9. The third-order valence-corrected chi connectivity index (χ3v) is 7.01. The topological polar surface area (TPSA) is 58.6 Å². The molecule has 1 aliphatic carbocycles. The first-order valence-corrected chi connectivity index (χ1v) is 12.7. The van der Waals surface area contributed by atoms with E-state index >= 15 is 0 Å². The number of amides is 2. The van der Waals surface area contributed by atoms with E-state index in [0.717, 1.165) is 35.7 Å². The first kappa shape index (κ1) is 25.1. The van der Waals surface area contributed by atoms with Crippen molar-refractivity contribution in [1.82, 2.24) is 10.2 Å². The molecule has 0 unspecified atom stereocenters. The summed E-state index contributed by atoms with van der Waals surface area (Å²) in [4.78, 5) is 27.7. The van der Waals surface area contributed by atoms with Crippen LogP contribution in [0.1, 0.15) is 44.6 Å². The molecule has 1 aliphatic rings. The minimum absolute atomic E-state index is 0.130. The number of nitrogens with one attached hydrogen (secondary N) is 1. The summed E-state index contributed by atoms with van der Waals surface area (Å²) < 4.78 is 7.36. The van der Waals surface area contributed by atoms with Gasteiger partial charge in [0, 0.05) is 22.1 Å². The molecule has 2 amide bonds. The zero-order chi connectivity index (χ0) is 23.1. The average molecular weight is 587 g/mol. The molecule has 0 spiro atoms. The highest BCUT2D eigenvalue weighted by Crippen LogP contribution is 2.28. The van der Waals surface area contributed by atoms with Crippen LogP contribution in [0.3, 0.4) is 0 Å². The SMILES string of the molecule is C[C@H](C(=O)NC1CCCCC1)N(Cc1ccc(Br)cc1)C(=O)COc1ccc(Cl)cc1Br. The van der Waals surface area contributed by atoms with Gasteiger partial charge in [-0.2, -0.15) is 0 Å². The van der Waals surface area contributed by atoms with Crippen LogP contribution in [-0.2, 0) is 16.1 Å². The van der Waals surface area contributed by atoms with Gasteiger partial charge >= 0.3 is 0 Å². The highest BCUT2D eigenvalue weighted by atomic mass is 79.9. The molecule has 2 aromatic carbocycles. The number of hydrogen-bond donors (Lipinski definition) is 1. The van der Waals surface area contributed by atoms with Crippen LogP contribution in [0.5, 0.6) is 5.75 Å². The Balaban J connectivity index is 1.71. The van der Waals surface area contributed by atoms with Crippen molar-refractivity contribution in [2.45, 2.75) is 57.7 Å². The average Bonchev–Trinajstić information content (AvgIpc) is 2.78. The Morgan fingerprint density at radius 3 is 2.47 bits per heavy atom. The van der Waals surface area contributed by atoms with Gasteiger partial charge in [0.2, 0.25) is 5.91 Å². The standard InChI is InChI=1S/C24H27Br2ClN2O3/c1-16(24(31)28-20-5-3-2-4-6-20)29(14-17-7-9-18(25)10-8-17)23(30)15-32-22-12-11-19(27)13-21(22)26/h7-13,16,20H,2-6,14-15H2,1H3,(H,28,31)/t16-/m1/s1. The smallest absolute Gasteiger partial charge is 0.261 e. The van der Waals surface area contributed by atoms with E-state index in [-0.39, 0.29) is 24.5 Å². The summed E-state index contributed by atoms with van der Waals surface area (Å²) in [6, 6.07) is 12.4. The molecule has 5 nitrogen and oxygen atoms in total. The van der Waals surface area contributed by atoms with Gasteiger partial charge < -0.3 is 15.0 Å². The predicted molar refractivity (Wildman–Crippen MR) is 134 cm³/mol. The van der Waals surface area contributed by atoms with Crippen LogP contribution >= 0.6 is 43.5 Å². The van der Waals surface area contributed by atoms with Crippen molar-refractivity contribution in [3.63, 3.8) is 0 Å². The number of rotatable bonds is 8. The number of carbonyl (C=O) groups is 2. The number of carbonyl (C=O) groups excluding carboxylic acids is 2. The molecule has 8 heteroatoms. The second-order valence-corrected chi connectivity index (χ2v) is 10.2. The third-order valence-electron chi connectivity index (χ3n) is 5.63. The van der Waals surface area contributed by atoms with Crippen molar-refractivity contribution < 1.29 is 14.3 Å². The molecule has 172 valence electrons. The Kier molecular flexibility index (Phi) is 9.44. The molecule has 0 aliphatic heterocycles. The monoisotopic (exact) mass is 584 g/mol. The summed E-state index contributed by atoms with van der Waals surface area (Å²) in [7, 11) is 0. The predicted octanol–water partition coefficient (Wildman–Crippen LogP) is 6.11. The first-order chi connectivity index (χ1) is 15.3. The first-order valence-electron chi connectivity index (χ1n) is 10.8. The van der Waals surface area contributed by atoms with Crippen molar-refractivity contribution in [3.8, 4) is 5.75 Å². The lowest BCUT2D eigenvalue weighted by molar-refractivity contribution is -0.142. The maximum absolute atomic E-state index is 13.2. The van der Waals surface area contributed by atoms with Gasteiger partial charge in [-0.15, -0.1) is 0 Å². The molecule has 1 saturated carbocycles. The maximum Gasteiger partial charge on any atom is 0.261 e. The summed E-state index contributed by atoms with van der Waals surface area (Å²) in [5.74, 6) is 0.127. The van der Waals surface area contributed by atoms with Gasteiger partial charge in [-0.25, -0.2) is 0 Å². The van der Waals surface area contributed by atoms with E-state index in [1.54, 1.807) is 30.0 Å². The van der Waals surface area contributed by atoms with Gasteiger partial charge in [-0.05, 0) is 71.6 Å². The van der Waals surface area contributed by atoms with Crippen LogP contribution in [0.4, 0.5) is 0 Å². The van der Waals surface area contributed by atoms with Crippen LogP contribution in [0.15, 0.2) is 51.4 Å². The van der Waals surface area contributed by atoms with E-state index in [0.29, 0.717) is 21.8 Å². The van der Waals surface area contributed by atoms with Crippen molar-refractivity contribution in [1.29, 1.82) is 0 Å². The van der Waals surface area contributed by atoms with Gasteiger partial charge in [0.15, 0.2) is 6.61 Å². The maximum atomic E-state index is 13.2. The third kappa shape index (κ3) is 7.22. The number of benzene rings is 2. The molecule has 32 heavy (non-hydrogen) atoms. The normalized spacial score (nSPS) is 15.1. The lowest BCUT2D eigenvalue weighted by Gasteiger charge is -2.31. The van der Waals surface area contributed by atoms with Crippen molar-refractivity contribution in [2.75, 3.05) is 6.61 Å². The molecule has 1 atom stereocenters. The molecule has 1 N–H and O–H groups in total. The van der Waals surface area contributed by atoms with Crippen molar-refractivity contribution >= 4 is 55.3 Å². The highest BCUT2D eigenvalue weighted by Gasteiger charge is 2.28. The molecule has 3 rings (SSSR count). The van der Waals surface area contributed by atoms with Crippen LogP contribution in [0.25, 0.3) is 0 Å². The Bertz CT molecular complexity index is 933.